The molecule has 5 aliphatic carbocycles. The van der Waals surface area contributed by atoms with Crippen molar-refractivity contribution < 1.29 is 0 Å². The van der Waals surface area contributed by atoms with Gasteiger partial charge in [-0.15, -0.1) is 0 Å². The molecule has 3 heteroatoms. The summed E-state index contributed by atoms with van der Waals surface area (Å²) in [6.45, 7) is 4.97. The number of allylic oxidation sites excluding steroid dienone is 10. The van der Waals surface area contributed by atoms with Crippen LogP contribution < -0.4 is 9.80 Å². The van der Waals surface area contributed by atoms with E-state index in [9.17, 15) is 0 Å². The van der Waals surface area contributed by atoms with E-state index >= 15 is 0 Å². The second kappa shape index (κ2) is 13.1. The summed E-state index contributed by atoms with van der Waals surface area (Å²) in [5, 5.41) is 0. The Kier molecular flexibility index (Phi) is 8.01. The fourth-order valence-corrected chi connectivity index (χ4v) is 10.6. The van der Waals surface area contributed by atoms with Crippen LogP contribution in [-0.4, -0.2) is 18.3 Å². The smallest absolute Gasteiger partial charge is 0.0626 e. The Hall–Kier alpha value is -5.15. The van der Waals surface area contributed by atoms with Crippen LogP contribution in [0.25, 0.3) is 5.57 Å². The second-order valence-corrected chi connectivity index (χ2v) is 16.5. The minimum Gasteiger partial charge on any atom is -0.337 e. The molecule has 2 aliphatic heterocycles. The summed E-state index contributed by atoms with van der Waals surface area (Å²) in [5.74, 6) is 1.92. The van der Waals surface area contributed by atoms with Crippen LogP contribution in [0, 0.1) is 17.8 Å². The molecule has 0 N–H and O–H groups in total. The molecule has 7 aliphatic rings. The summed E-state index contributed by atoms with van der Waals surface area (Å²) in [5.41, 5.74) is 14.2. The maximum Gasteiger partial charge on any atom is 0.0626 e. The molecule has 0 bridgehead atoms. The normalized spacial score (nSPS) is 28.7. The first-order valence-corrected chi connectivity index (χ1v) is 19.9. The molecule has 0 fully saturated rings. The van der Waals surface area contributed by atoms with Crippen molar-refractivity contribution in [2.45, 2.75) is 75.8 Å². The van der Waals surface area contributed by atoms with Gasteiger partial charge in [-0.25, -0.2) is 0 Å². The first-order valence-electron chi connectivity index (χ1n) is 19.9. The monoisotopic (exact) mass is 691 g/mol. The van der Waals surface area contributed by atoms with Gasteiger partial charge in [0.25, 0.3) is 0 Å². The van der Waals surface area contributed by atoms with E-state index in [2.05, 4.69) is 174 Å². The summed E-state index contributed by atoms with van der Waals surface area (Å²) in [4.78, 5) is 9.72. The van der Waals surface area contributed by atoms with Gasteiger partial charge in [-0.05, 0) is 120 Å². The van der Waals surface area contributed by atoms with Crippen molar-refractivity contribution in [3.8, 4) is 0 Å². The Morgan fingerprint density at radius 3 is 2.51 bits per heavy atom. The molecule has 3 aromatic carbocycles. The first kappa shape index (κ1) is 32.5. The van der Waals surface area contributed by atoms with Crippen LogP contribution in [0.1, 0.15) is 75.0 Å². The molecule has 3 nitrogen and oxygen atoms in total. The van der Waals surface area contributed by atoms with Crippen LogP contribution >= 0.6 is 0 Å². The number of para-hydroxylation sites is 1. The molecule has 3 aromatic rings. The zero-order valence-electron chi connectivity index (χ0n) is 31.0. The van der Waals surface area contributed by atoms with Crippen molar-refractivity contribution in [1.29, 1.82) is 0 Å². The van der Waals surface area contributed by atoms with Gasteiger partial charge in [-0.1, -0.05) is 117 Å². The van der Waals surface area contributed by atoms with Crippen molar-refractivity contribution in [2.24, 2.45) is 22.7 Å². The summed E-state index contributed by atoms with van der Waals surface area (Å²) >= 11 is 0. The number of rotatable bonds is 6. The van der Waals surface area contributed by atoms with Gasteiger partial charge in [-0.3, -0.25) is 4.99 Å². The molecule has 6 atom stereocenters. The summed E-state index contributed by atoms with van der Waals surface area (Å²) in [7, 11) is 0. The van der Waals surface area contributed by atoms with Crippen LogP contribution in [-0.2, 0) is 5.41 Å². The Labute approximate surface area is 315 Å². The molecule has 2 heterocycles. The Bertz CT molecular complexity index is 2200. The molecular weight excluding hydrogens is 643 g/mol. The van der Waals surface area contributed by atoms with Gasteiger partial charge in [0.1, 0.15) is 0 Å². The SMILES string of the molecule is CC1(C)c2cc(N(c3ccc(C4=CC5=C(CC4)N(c4ccccc4)C4C=CC=CC54)cc3)C3C=C(C4C=NC=CC4)C=CC3)ccc2C2C=CCCC21. The number of anilines is 3. The molecule has 10 rings (SSSR count). The highest BCUT2D eigenvalue weighted by Crippen LogP contribution is 2.55. The van der Waals surface area contributed by atoms with E-state index < -0.39 is 0 Å². The predicted octanol–water partition coefficient (Wildman–Crippen LogP) is 12.1. The first-order chi connectivity index (χ1) is 26.0. The molecule has 0 saturated carbocycles. The van der Waals surface area contributed by atoms with Crippen LogP contribution in [0.3, 0.4) is 0 Å². The predicted molar refractivity (Wildman–Crippen MR) is 223 cm³/mol. The van der Waals surface area contributed by atoms with E-state index in [1.54, 1.807) is 0 Å². The molecule has 0 spiro atoms. The summed E-state index contributed by atoms with van der Waals surface area (Å²) in [6.07, 6.45) is 36.7. The molecule has 0 amide bonds. The third kappa shape index (κ3) is 5.50. The van der Waals surface area contributed by atoms with Crippen LogP contribution in [0.2, 0.25) is 0 Å². The van der Waals surface area contributed by atoms with E-state index in [1.807, 2.05) is 6.20 Å². The average molecular weight is 692 g/mol. The lowest BCUT2D eigenvalue weighted by Crippen LogP contribution is -2.32. The largest absolute Gasteiger partial charge is 0.337 e. The van der Waals surface area contributed by atoms with Crippen molar-refractivity contribution in [2.75, 3.05) is 9.80 Å². The third-order valence-electron chi connectivity index (χ3n) is 13.3. The number of fused-ring (bicyclic) bond motifs is 5. The Balaban J connectivity index is 1.01. The quantitative estimate of drug-likeness (QED) is 0.240. The minimum atomic E-state index is 0.147. The molecule has 0 saturated heterocycles. The topological polar surface area (TPSA) is 18.8 Å². The molecule has 0 aromatic heterocycles. The number of hydrogen-bond acceptors (Lipinski definition) is 3. The van der Waals surface area contributed by atoms with E-state index in [1.165, 1.54) is 69.0 Å². The fourth-order valence-electron chi connectivity index (χ4n) is 10.6. The molecule has 0 radical (unpaired) electrons. The maximum absolute atomic E-state index is 4.51. The van der Waals surface area contributed by atoms with Crippen molar-refractivity contribution >= 4 is 28.8 Å². The molecular formula is C50H49N3. The lowest BCUT2D eigenvalue weighted by Gasteiger charge is -2.36. The van der Waals surface area contributed by atoms with Gasteiger partial charge < -0.3 is 9.80 Å². The number of nitrogens with zero attached hydrogens (tertiary/aromatic N) is 3. The zero-order valence-corrected chi connectivity index (χ0v) is 31.0. The lowest BCUT2D eigenvalue weighted by atomic mass is 9.72. The van der Waals surface area contributed by atoms with E-state index in [0.29, 0.717) is 29.7 Å². The number of hydrogen-bond donors (Lipinski definition) is 0. The van der Waals surface area contributed by atoms with E-state index in [-0.39, 0.29) is 11.5 Å². The summed E-state index contributed by atoms with van der Waals surface area (Å²) < 4.78 is 0. The average Bonchev–Trinajstić information content (AvgIpc) is 3.67. The van der Waals surface area contributed by atoms with Crippen LogP contribution in [0.15, 0.2) is 168 Å². The van der Waals surface area contributed by atoms with E-state index in [0.717, 1.165) is 25.7 Å². The van der Waals surface area contributed by atoms with Gasteiger partial charge in [-0.2, -0.15) is 0 Å². The molecule has 6 unspecified atom stereocenters. The molecule has 264 valence electrons. The Morgan fingerprint density at radius 2 is 1.66 bits per heavy atom. The van der Waals surface area contributed by atoms with Crippen molar-refractivity contribution in [3.05, 3.63) is 179 Å². The van der Waals surface area contributed by atoms with Gasteiger partial charge in [0.15, 0.2) is 0 Å². The van der Waals surface area contributed by atoms with E-state index in [4.69, 9.17) is 0 Å². The fraction of sp³-hybridized carbons (Fsp3) is 0.300. The minimum absolute atomic E-state index is 0.147. The second-order valence-electron chi connectivity index (χ2n) is 16.5. The van der Waals surface area contributed by atoms with Crippen molar-refractivity contribution in [3.63, 3.8) is 0 Å². The highest BCUT2D eigenvalue weighted by Gasteiger charge is 2.46. The van der Waals surface area contributed by atoms with Crippen LogP contribution in [0.4, 0.5) is 17.1 Å². The lowest BCUT2D eigenvalue weighted by molar-refractivity contribution is 0.301. The van der Waals surface area contributed by atoms with Crippen molar-refractivity contribution in [1.82, 2.24) is 0 Å². The zero-order chi connectivity index (χ0) is 35.5. The highest BCUT2D eigenvalue weighted by atomic mass is 15.2. The Morgan fingerprint density at radius 1 is 0.811 bits per heavy atom. The summed E-state index contributed by atoms with van der Waals surface area (Å²) in [6, 6.07) is 28.5. The van der Waals surface area contributed by atoms with Crippen LogP contribution in [0.5, 0.6) is 0 Å². The highest BCUT2D eigenvalue weighted by molar-refractivity contribution is 5.77. The van der Waals surface area contributed by atoms with Gasteiger partial charge in [0, 0.05) is 52.9 Å². The molecule has 53 heavy (non-hydrogen) atoms. The third-order valence-corrected chi connectivity index (χ3v) is 13.3. The van der Waals surface area contributed by atoms with Gasteiger partial charge >= 0.3 is 0 Å². The number of benzene rings is 3. The standard InChI is InChI=1S/C50H49N3/c1-50(2)46-19-8-6-17-42(46)43-27-26-41(32-47(43)50)52(40-16-10-12-35(30-40)37-13-11-29-51-33-37)39-24-21-34(22-25-39)36-23-28-49-45(31-36)44-18-7-9-20-48(44)53(49)38-14-4-3-5-15-38/h3-7,9-12,14-15,17-18,20-22,24-27,29-33,37,40,42,44,46,48H,8,13,16,19,23,28H2,1-2H3. The van der Waals surface area contributed by atoms with Gasteiger partial charge in [0.2, 0.25) is 0 Å². The van der Waals surface area contributed by atoms with Gasteiger partial charge in [0.05, 0.1) is 12.1 Å². The number of aliphatic imine (C=N–C) groups is 1. The maximum atomic E-state index is 4.51.